The van der Waals surface area contributed by atoms with Crippen molar-refractivity contribution in [1.29, 1.82) is 0 Å². The number of carboxylic acid groups (broad SMARTS) is 1. The molecule has 0 aromatic heterocycles. The van der Waals surface area contributed by atoms with E-state index in [2.05, 4.69) is 10.3 Å². The van der Waals surface area contributed by atoms with Crippen LogP contribution in [-0.2, 0) is 11.3 Å². The molecule has 0 saturated heterocycles. The lowest BCUT2D eigenvalue weighted by atomic mass is 10.0. The Labute approximate surface area is 171 Å². The number of rotatable bonds is 2. The molecule has 2 amide bonds. The van der Waals surface area contributed by atoms with Crippen LogP contribution in [0.4, 0.5) is 9.59 Å². The minimum atomic E-state index is -1.31. The van der Waals surface area contributed by atoms with Crippen LogP contribution in [0, 0.1) is 0 Å². The van der Waals surface area contributed by atoms with Crippen LogP contribution < -0.4 is 5.32 Å². The molecule has 7 nitrogen and oxygen atoms in total. The number of carbonyl (C=O) groups excluding carboxylic acids is 1. The number of fused-ring (bicyclic) bond motifs is 1. The summed E-state index contributed by atoms with van der Waals surface area (Å²) in [7, 11) is 0. The molecule has 0 heterocycles. The molecule has 7 heteroatoms. The number of guanidine groups is 1. The van der Waals surface area contributed by atoms with E-state index in [1.165, 1.54) is 4.90 Å². The van der Waals surface area contributed by atoms with Gasteiger partial charge in [0.05, 0.1) is 6.54 Å². The van der Waals surface area contributed by atoms with Gasteiger partial charge in [-0.25, -0.2) is 19.5 Å². The normalized spacial score (nSPS) is 12.6. The molecule has 0 unspecified atom stereocenters. The Morgan fingerprint density at radius 1 is 1.03 bits per heavy atom. The molecular weight excluding hydrogens is 370 g/mol. The SMILES string of the molecule is CC(C)(C)OC(=O)N(C(=NCc1cccc2ccccc12)NC(=O)O)C(C)(C)C. The molecule has 156 valence electrons. The topological polar surface area (TPSA) is 91.2 Å². The van der Waals surface area contributed by atoms with Crippen molar-refractivity contribution in [1.82, 2.24) is 10.2 Å². The van der Waals surface area contributed by atoms with E-state index in [1.54, 1.807) is 41.5 Å². The van der Waals surface area contributed by atoms with Gasteiger partial charge < -0.3 is 9.84 Å². The standard InChI is InChI=1S/C22H29N3O4/c1-21(2,3)25(20(28)29-22(4,5)6)18(24-19(26)27)23-14-16-12-9-11-15-10-7-8-13-17(15)16/h7-13H,14H2,1-6H3,(H,23,24)(H,26,27). The van der Waals surface area contributed by atoms with Gasteiger partial charge in [0.1, 0.15) is 5.60 Å². The number of ether oxygens (including phenoxy) is 1. The molecule has 0 aliphatic carbocycles. The van der Waals surface area contributed by atoms with Crippen LogP contribution in [0.5, 0.6) is 0 Å². The molecule has 0 aliphatic heterocycles. The Balaban J connectivity index is 2.46. The van der Waals surface area contributed by atoms with Crippen molar-refractivity contribution in [3.63, 3.8) is 0 Å². The summed E-state index contributed by atoms with van der Waals surface area (Å²) in [5.74, 6) is -0.0767. The van der Waals surface area contributed by atoms with Crippen molar-refractivity contribution < 1.29 is 19.4 Å². The third-order valence-corrected chi connectivity index (χ3v) is 3.96. The van der Waals surface area contributed by atoms with E-state index in [0.717, 1.165) is 16.3 Å². The van der Waals surface area contributed by atoms with E-state index in [9.17, 15) is 14.7 Å². The van der Waals surface area contributed by atoms with Crippen molar-refractivity contribution in [3.05, 3.63) is 48.0 Å². The molecule has 29 heavy (non-hydrogen) atoms. The van der Waals surface area contributed by atoms with Crippen molar-refractivity contribution in [3.8, 4) is 0 Å². The molecule has 0 spiro atoms. The predicted octanol–water partition coefficient (Wildman–Crippen LogP) is 5.00. The van der Waals surface area contributed by atoms with Gasteiger partial charge in [-0.1, -0.05) is 42.5 Å². The maximum absolute atomic E-state index is 12.8. The molecule has 0 aliphatic rings. The van der Waals surface area contributed by atoms with E-state index in [-0.39, 0.29) is 12.5 Å². The zero-order chi connectivity index (χ0) is 21.8. The Hall–Kier alpha value is -3.09. The van der Waals surface area contributed by atoms with Gasteiger partial charge >= 0.3 is 12.2 Å². The van der Waals surface area contributed by atoms with Crippen LogP contribution in [0.2, 0.25) is 0 Å². The van der Waals surface area contributed by atoms with Gasteiger partial charge in [-0.3, -0.25) is 5.32 Å². The van der Waals surface area contributed by atoms with Gasteiger partial charge in [0.2, 0.25) is 5.96 Å². The average Bonchev–Trinajstić information content (AvgIpc) is 2.56. The quantitative estimate of drug-likeness (QED) is 0.549. The van der Waals surface area contributed by atoms with E-state index < -0.39 is 23.3 Å². The van der Waals surface area contributed by atoms with Crippen molar-refractivity contribution in [2.75, 3.05) is 0 Å². The monoisotopic (exact) mass is 399 g/mol. The molecule has 0 saturated carbocycles. The van der Waals surface area contributed by atoms with Crippen LogP contribution in [0.15, 0.2) is 47.5 Å². The molecule has 2 rings (SSSR count). The highest BCUT2D eigenvalue weighted by Gasteiger charge is 2.35. The van der Waals surface area contributed by atoms with E-state index >= 15 is 0 Å². The predicted molar refractivity (Wildman–Crippen MR) is 114 cm³/mol. The molecule has 0 atom stereocenters. The first kappa shape index (κ1) is 22.2. The first-order valence-corrected chi connectivity index (χ1v) is 9.43. The first-order chi connectivity index (χ1) is 13.4. The fraction of sp³-hybridized carbons (Fsp3) is 0.409. The van der Waals surface area contributed by atoms with Crippen LogP contribution in [0.3, 0.4) is 0 Å². The molecule has 0 radical (unpaired) electrons. The molecule has 2 N–H and O–H groups in total. The van der Waals surface area contributed by atoms with Crippen LogP contribution in [0.25, 0.3) is 10.8 Å². The molecule has 2 aromatic carbocycles. The van der Waals surface area contributed by atoms with Crippen molar-refractivity contribution >= 4 is 28.9 Å². The van der Waals surface area contributed by atoms with Gasteiger partial charge in [0.25, 0.3) is 0 Å². The minimum Gasteiger partial charge on any atom is -0.465 e. The van der Waals surface area contributed by atoms with Gasteiger partial charge in [0, 0.05) is 5.54 Å². The van der Waals surface area contributed by atoms with Gasteiger partial charge in [-0.2, -0.15) is 0 Å². The number of benzene rings is 2. The molecule has 0 bridgehead atoms. The third kappa shape index (κ3) is 6.20. The summed E-state index contributed by atoms with van der Waals surface area (Å²) in [4.78, 5) is 29.9. The number of amides is 2. The lowest BCUT2D eigenvalue weighted by molar-refractivity contribution is 0.0242. The molecule has 0 fully saturated rings. The number of hydrogen-bond donors (Lipinski definition) is 2. The second-order valence-corrected chi connectivity index (χ2v) is 8.69. The van der Waals surface area contributed by atoms with E-state index in [4.69, 9.17) is 4.74 Å². The largest absolute Gasteiger partial charge is 0.465 e. The van der Waals surface area contributed by atoms with Crippen molar-refractivity contribution in [2.45, 2.75) is 59.2 Å². The van der Waals surface area contributed by atoms with Gasteiger partial charge in [-0.15, -0.1) is 0 Å². The lowest BCUT2D eigenvalue weighted by Gasteiger charge is -2.36. The number of nitrogens with zero attached hydrogens (tertiary/aromatic N) is 2. The molecular formula is C22H29N3O4. The van der Waals surface area contributed by atoms with Crippen molar-refractivity contribution in [2.24, 2.45) is 4.99 Å². The highest BCUT2D eigenvalue weighted by molar-refractivity contribution is 6.01. The summed E-state index contributed by atoms with van der Waals surface area (Å²) in [6.07, 6.45) is -1.98. The fourth-order valence-corrected chi connectivity index (χ4v) is 2.84. The van der Waals surface area contributed by atoms with Crippen LogP contribution in [0.1, 0.15) is 47.1 Å². The van der Waals surface area contributed by atoms with Crippen LogP contribution in [-0.4, -0.2) is 39.3 Å². The highest BCUT2D eigenvalue weighted by atomic mass is 16.6. The number of carbonyl (C=O) groups is 2. The Morgan fingerprint density at radius 2 is 1.66 bits per heavy atom. The van der Waals surface area contributed by atoms with E-state index in [0.29, 0.717) is 0 Å². The number of hydrogen-bond acceptors (Lipinski definition) is 4. The maximum Gasteiger partial charge on any atom is 0.417 e. The van der Waals surface area contributed by atoms with Gasteiger partial charge in [0.15, 0.2) is 0 Å². The fourth-order valence-electron chi connectivity index (χ4n) is 2.84. The van der Waals surface area contributed by atoms with Gasteiger partial charge in [-0.05, 0) is 57.9 Å². The second kappa shape index (κ2) is 8.51. The Kier molecular flexibility index (Phi) is 6.51. The Bertz CT molecular complexity index is 918. The maximum atomic E-state index is 12.8. The second-order valence-electron chi connectivity index (χ2n) is 8.69. The first-order valence-electron chi connectivity index (χ1n) is 9.43. The Morgan fingerprint density at radius 3 is 2.24 bits per heavy atom. The zero-order valence-corrected chi connectivity index (χ0v) is 17.8. The smallest absolute Gasteiger partial charge is 0.417 e. The average molecular weight is 399 g/mol. The third-order valence-electron chi connectivity index (χ3n) is 3.96. The summed E-state index contributed by atoms with van der Waals surface area (Å²) < 4.78 is 5.48. The summed E-state index contributed by atoms with van der Waals surface area (Å²) in [5.41, 5.74) is -0.571. The summed E-state index contributed by atoms with van der Waals surface area (Å²) >= 11 is 0. The summed E-state index contributed by atoms with van der Waals surface area (Å²) in [5, 5.41) is 13.7. The van der Waals surface area contributed by atoms with E-state index in [1.807, 2.05) is 42.5 Å². The highest BCUT2D eigenvalue weighted by Crippen LogP contribution is 2.21. The summed E-state index contributed by atoms with van der Waals surface area (Å²) in [6, 6.07) is 13.7. The minimum absolute atomic E-state index is 0.0767. The summed E-state index contributed by atoms with van der Waals surface area (Å²) in [6.45, 7) is 10.8. The number of aliphatic imine (C=N–C) groups is 1. The lowest BCUT2D eigenvalue weighted by Crippen LogP contribution is -2.56. The number of nitrogens with one attached hydrogen (secondary N) is 1. The van der Waals surface area contributed by atoms with Crippen LogP contribution >= 0.6 is 0 Å². The zero-order valence-electron chi connectivity index (χ0n) is 17.8. The molecule has 2 aromatic rings.